The van der Waals surface area contributed by atoms with Gasteiger partial charge in [0.15, 0.2) is 11.5 Å². The van der Waals surface area contributed by atoms with Crippen LogP contribution in [0.25, 0.3) is 0 Å². The number of nitrogens with one attached hydrogen (secondary N) is 1. The van der Waals surface area contributed by atoms with Crippen molar-refractivity contribution in [2.75, 3.05) is 19.7 Å². The van der Waals surface area contributed by atoms with Gasteiger partial charge in [0.05, 0.1) is 0 Å². The molecule has 1 unspecified atom stereocenters. The zero-order valence-corrected chi connectivity index (χ0v) is 11.0. The predicted octanol–water partition coefficient (Wildman–Crippen LogP) is 2.64. The van der Waals surface area contributed by atoms with Gasteiger partial charge >= 0.3 is 0 Å². The molecule has 0 radical (unpaired) electrons. The Labute approximate surface area is 109 Å². The van der Waals surface area contributed by atoms with Gasteiger partial charge in [-0.3, -0.25) is 0 Å². The van der Waals surface area contributed by atoms with Crippen molar-refractivity contribution in [1.82, 2.24) is 5.32 Å². The van der Waals surface area contributed by atoms with Gasteiger partial charge in [-0.05, 0) is 25.1 Å². The van der Waals surface area contributed by atoms with Crippen molar-refractivity contribution >= 4 is 12.4 Å². The van der Waals surface area contributed by atoms with Gasteiger partial charge < -0.3 is 14.8 Å². The molecule has 0 amide bonds. The summed E-state index contributed by atoms with van der Waals surface area (Å²) < 4.78 is 11.5. The van der Waals surface area contributed by atoms with Gasteiger partial charge in [-0.25, -0.2) is 0 Å². The predicted molar refractivity (Wildman–Crippen MR) is 71.4 cm³/mol. The van der Waals surface area contributed by atoms with Crippen molar-refractivity contribution in [3.05, 3.63) is 24.3 Å². The van der Waals surface area contributed by atoms with Crippen LogP contribution >= 0.6 is 12.4 Å². The number of benzene rings is 1. The molecule has 1 aliphatic rings. The average Bonchev–Trinajstić information content (AvgIpc) is 2.34. The van der Waals surface area contributed by atoms with E-state index in [0.29, 0.717) is 6.61 Å². The second kappa shape index (κ2) is 7.41. The van der Waals surface area contributed by atoms with E-state index in [0.717, 1.165) is 24.6 Å². The van der Waals surface area contributed by atoms with Gasteiger partial charge in [0.25, 0.3) is 0 Å². The molecule has 0 aromatic heterocycles. The molecule has 4 heteroatoms. The molecule has 1 aromatic carbocycles. The van der Waals surface area contributed by atoms with Gasteiger partial charge in [-0.2, -0.15) is 0 Å². The van der Waals surface area contributed by atoms with Gasteiger partial charge in [0.1, 0.15) is 12.7 Å². The number of para-hydroxylation sites is 2. The van der Waals surface area contributed by atoms with E-state index in [-0.39, 0.29) is 18.5 Å². The van der Waals surface area contributed by atoms with Crippen molar-refractivity contribution in [3.63, 3.8) is 0 Å². The molecule has 0 fully saturated rings. The number of halogens is 1. The van der Waals surface area contributed by atoms with Gasteiger partial charge in [0.2, 0.25) is 0 Å². The third-order valence-corrected chi connectivity index (χ3v) is 2.65. The highest BCUT2D eigenvalue weighted by atomic mass is 35.5. The fourth-order valence-corrected chi connectivity index (χ4v) is 1.73. The van der Waals surface area contributed by atoms with Crippen LogP contribution in [0, 0.1) is 0 Å². The zero-order valence-electron chi connectivity index (χ0n) is 10.1. The maximum absolute atomic E-state index is 5.82. The van der Waals surface area contributed by atoms with Gasteiger partial charge in [-0.15, -0.1) is 12.4 Å². The molecular weight excluding hydrogens is 238 g/mol. The third kappa shape index (κ3) is 4.10. The first-order valence-corrected chi connectivity index (χ1v) is 5.99. The monoisotopic (exact) mass is 257 g/mol. The Morgan fingerprint density at radius 1 is 1.29 bits per heavy atom. The number of hydrogen-bond acceptors (Lipinski definition) is 3. The minimum absolute atomic E-state index is 0. The van der Waals surface area contributed by atoms with E-state index in [9.17, 15) is 0 Å². The standard InChI is InChI=1S/C13H19NO2.ClH/c1-2-3-8-14-9-11-10-15-12-6-4-5-7-13(12)16-11;/h4-7,11,14H,2-3,8-10H2,1H3;1H. The van der Waals surface area contributed by atoms with Gasteiger partial charge in [0, 0.05) is 6.54 Å². The summed E-state index contributed by atoms with van der Waals surface area (Å²) in [5, 5.41) is 3.38. The molecular formula is C13H20ClNO2. The topological polar surface area (TPSA) is 30.5 Å². The SMILES string of the molecule is CCCCNCC1COc2ccccc2O1.Cl. The largest absolute Gasteiger partial charge is 0.486 e. The summed E-state index contributed by atoms with van der Waals surface area (Å²) in [6.07, 6.45) is 2.56. The molecule has 2 rings (SSSR count). The minimum atomic E-state index is 0. The second-order valence-corrected chi connectivity index (χ2v) is 4.06. The van der Waals surface area contributed by atoms with Crippen LogP contribution < -0.4 is 14.8 Å². The van der Waals surface area contributed by atoms with Crippen LogP contribution in [0.15, 0.2) is 24.3 Å². The van der Waals surface area contributed by atoms with Crippen LogP contribution in [0.5, 0.6) is 11.5 Å². The average molecular weight is 258 g/mol. The van der Waals surface area contributed by atoms with E-state index in [1.54, 1.807) is 0 Å². The highest BCUT2D eigenvalue weighted by Crippen LogP contribution is 2.30. The van der Waals surface area contributed by atoms with E-state index in [4.69, 9.17) is 9.47 Å². The molecule has 0 bridgehead atoms. The van der Waals surface area contributed by atoms with Crippen LogP contribution in [0.1, 0.15) is 19.8 Å². The minimum Gasteiger partial charge on any atom is -0.486 e. The lowest BCUT2D eigenvalue weighted by atomic mass is 10.2. The summed E-state index contributed by atoms with van der Waals surface area (Å²) in [6, 6.07) is 7.82. The smallest absolute Gasteiger partial charge is 0.161 e. The quantitative estimate of drug-likeness (QED) is 0.823. The molecule has 0 saturated heterocycles. The first kappa shape index (κ1) is 14.1. The molecule has 1 atom stereocenters. The van der Waals surface area contributed by atoms with Crippen molar-refractivity contribution in [2.45, 2.75) is 25.9 Å². The molecule has 1 N–H and O–H groups in total. The molecule has 3 nitrogen and oxygen atoms in total. The Kier molecular flexibility index (Phi) is 6.16. The molecule has 17 heavy (non-hydrogen) atoms. The van der Waals surface area contributed by atoms with Gasteiger partial charge in [-0.1, -0.05) is 25.5 Å². The zero-order chi connectivity index (χ0) is 11.2. The van der Waals surface area contributed by atoms with Crippen LogP contribution in [-0.4, -0.2) is 25.8 Å². The maximum Gasteiger partial charge on any atom is 0.161 e. The van der Waals surface area contributed by atoms with Crippen molar-refractivity contribution in [2.24, 2.45) is 0 Å². The highest BCUT2D eigenvalue weighted by molar-refractivity contribution is 5.85. The molecule has 0 spiro atoms. The maximum atomic E-state index is 5.82. The number of fused-ring (bicyclic) bond motifs is 1. The summed E-state index contributed by atoms with van der Waals surface area (Å²) in [5.41, 5.74) is 0. The first-order chi connectivity index (χ1) is 7.90. The van der Waals surface area contributed by atoms with E-state index in [1.807, 2.05) is 24.3 Å². The van der Waals surface area contributed by atoms with Crippen molar-refractivity contribution < 1.29 is 9.47 Å². The van der Waals surface area contributed by atoms with Crippen LogP contribution in [0.3, 0.4) is 0 Å². The Bertz CT molecular complexity index is 333. The van der Waals surface area contributed by atoms with E-state index in [2.05, 4.69) is 12.2 Å². The first-order valence-electron chi connectivity index (χ1n) is 5.99. The lowest BCUT2D eigenvalue weighted by Crippen LogP contribution is -2.38. The number of unbranched alkanes of at least 4 members (excludes halogenated alkanes) is 1. The molecule has 0 aliphatic carbocycles. The molecule has 1 aromatic rings. The van der Waals surface area contributed by atoms with Crippen LogP contribution in [0.4, 0.5) is 0 Å². The van der Waals surface area contributed by atoms with E-state index >= 15 is 0 Å². The Balaban J connectivity index is 0.00000144. The fraction of sp³-hybridized carbons (Fsp3) is 0.538. The fourth-order valence-electron chi connectivity index (χ4n) is 1.73. The number of hydrogen-bond donors (Lipinski definition) is 1. The summed E-state index contributed by atoms with van der Waals surface area (Å²) in [5.74, 6) is 1.71. The molecule has 1 aliphatic heterocycles. The summed E-state index contributed by atoms with van der Waals surface area (Å²) in [4.78, 5) is 0. The lowest BCUT2D eigenvalue weighted by molar-refractivity contribution is 0.0905. The normalized spacial score (nSPS) is 17.4. The van der Waals surface area contributed by atoms with E-state index < -0.39 is 0 Å². The summed E-state index contributed by atoms with van der Waals surface area (Å²) >= 11 is 0. The number of rotatable bonds is 5. The van der Waals surface area contributed by atoms with Crippen molar-refractivity contribution in [3.8, 4) is 11.5 Å². The summed E-state index contributed by atoms with van der Waals surface area (Å²) in [7, 11) is 0. The van der Waals surface area contributed by atoms with Crippen LogP contribution in [-0.2, 0) is 0 Å². The molecule has 1 heterocycles. The Morgan fingerprint density at radius 2 is 2.06 bits per heavy atom. The van der Waals surface area contributed by atoms with E-state index in [1.165, 1.54) is 12.8 Å². The van der Waals surface area contributed by atoms with Crippen LogP contribution in [0.2, 0.25) is 0 Å². The lowest BCUT2D eigenvalue weighted by Gasteiger charge is -2.26. The Hall–Kier alpha value is -0.930. The molecule has 0 saturated carbocycles. The number of ether oxygens (including phenoxy) is 2. The summed E-state index contributed by atoms with van der Waals surface area (Å²) in [6.45, 7) is 4.74. The second-order valence-electron chi connectivity index (χ2n) is 4.06. The third-order valence-electron chi connectivity index (χ3n) is 2.65. The van der Waals surface area contributed by atoms with Crippen molar-refractivity contribution in [1.29, 1.82) is 0 Å². The Morgan fingerprint density at radius 3 is 2.82 bits per heavy atom. The molecule has 96 valence electrons. The highest BCUT2D eigenvalue weighted by Gasteiger charge is 2.19.